The quantitative estimate of drug-likeness (QED) is 0.454. The molecule has 1 amide bonds. The topological polar surface area (TPSA) is 67.5 Å². The summed E-state index contributed by atoms with van der Waals surface area (Å²) in [4.78, 5) is 22.5. The summed E-state index contributed by atoms with van der Waals surface area (Å²) in [6.45, 7) is 2.30. The molecular weight excluding hydrogens is 490 g/mol. The number of ether oxygens (including phenoxy) is 2. The number of carbonyl (C=O) groups excluding carboxylic acids is 1. The molecule has 1 N–H and O–H groups in total. The average Bonchev–Trinajstić information content (AvgIpc) is 3.27. The zero-order valence-corrected chi connectivity index (χ0v) is 20.1. The van der Waals surface area contributed by atoms with Gasteiger partial charge in [-0.3, -0.25) is 4.79 Å². The number of H-pyrrole nitrogens is 1. The van der Waals surface area contributed by atoms with E-state index in [9.17, 15) is 18.0 Å². The minimum absolute atomic E-state index is 0.0581. The summed E-state index contributed by atoms with van der Waals surface area (Å²) in [5, 5.41) is 0.914. The molecule has 2 fully saturated rings. The number of fused-ring (bicyclic) bond motifs is 5. The molecule has 1 aliphatic carbocycles. The summed E-state index contributed by atoms with van der Waals surface area (Å²) in [5.74, 6) is -0.239. The molecule has 1 aromatic carbocycles. The highest BCUT2D eigenvalue weighted by molar-refractivity contribution is 5.94. The van der Waals surface area contributed by atoms with Crippen molar-refractivity contribution in [1.82, 2.24) is 14.9 Å². The number of amides is 1. The lowest BCUT2D eigenvalue weighted by Crippen LogP contribution is -2.38. The summed E-state index contributed by atoms with van der Waals surface area (Å²) >= 11 is 0. The highest BCUT2D eigenvalue weighted by Crippen LogP contribution is 2.47. The SMILES string of the molecule is O=C(c1ccc(OC(F)(F)F)cc1)N1CCC(c2c(F)cnc3[nH]c4c(c23)C2CCOC[C@H]2CC4)CC1. The zero-order valence-electron chi connectivity index (χ0n) is 20.1. The van der Waals surface area contributed by atoms with Gasteiger partial charge in [0, 0.05) is 48.5 Å². The van der Waals surface area contributed by atoms with Crippen LogP contribution in [-0.2, 0) is 11.2 Å². The molecule has 0 bridgehead atoms. The summed E-state index contributed by atoms with van der Waals surface area (Å²) in [5.41, 5.74) is 4.07. The van der Waals surface area contributed by atoms with E-state index in [4.69, 9.17) is 4.74 Å². The fraction of sp³-hybridized carbons (Fsp3) is 0.481. The van der Waals surface area contributed by atoms with Gasteiger partial charge in [-0.25, -0.2) is 9.37 Å². The van der Waals surface area contributed by atoms with Crippen molar-refractivity contribution in [3.63, 3.8) is 0 Å². The van der Waals surface area contributed by atoms with Crippen molar-refractivity contribution in [2.75, 3.05) is 26.3 Å². The second kappa shape index (κ2) is 9.31. The Labute approximate surface area is 211 Å². The number of aromatic nitrogens is 2. The van der Waals surface area contributed by atoms with Gasteiger partial charge in [0.25, 0.3) is 5.91 Å². The number of pyridine rings is 1. The molecule has 3 aliphatic rings. The lowest BCUT2D eigenvalue weighted by molar-refractivity contribution is -0.274. The number of piperidine rings is 1. The lowest BCUT2D eigenvalue weighted by Gasteiger charge is -2.36. The zero-order chi connectivity index (χ0) is 25.7. The van der Waals surface area contributed by atoms with Crippen molar-refractivity contribution in [1.29, 1.82) is 0 Å². The number of benzene rings is 1. The summed E-state index contributed by atoms with van der Waals surface area (Å²) in [6, 6.07) is 4.93. The van der Waals surface area contributed by atoms with Crippen LogP contribution in [0.2, 0.25) is 0 Å². The minimum atomic E-state index is -4.79. The van der Waals surface area contributed by atoms with Crippen molar-refractivity contribution < 1.29 is 31.8 Å². The number of rotatable bonds is 3. The van der Waals surface area contributed by atoms with E-state index in [2.05, 4.69) is 14.7 Å². The lowest BCUT2D eigenvalue weighted by atomic mass is 9.73. The number of aryl methyl sites for hydroxylation is 1. The fourth-order valence-electron chi connectivity index (χ4n) is 6.38. The summed E-state index contributed by atoms with van der Waals surface area (Å²) in [6.07, 6.45) is 0.556. The van der Waals surface area contributed by atoms with Gasteiger partial charge in [0.15, 0.2) is 0 Å². The Bertz CT molecular complexity index is 1310. The van der Waals surface area contributed by atoms with E-state index >= 15 is 4.39 Å². The van der Waals surface area contributed by atoms with E-state index in [-0.39, 0.29) is 29.0 Å². The Hall–Kier alpha value is -3.14. The molecule has 2 aromatic heterocycles. The number of hydrogen-bond acceptors (Lipinski definition) is 4. The van der Waals surface area contributed by atoms with Gasteiger partial charge in [0.05, 0.1) is 6.20 Å². The predicted octanol–water partition coefficient (Wildman–Crippen LogP) is 5.69. The molecule has 4 heterocycles. The third kappa shape index (κ3) is 4.56. The third-order valence-electron chi connectivity index (χ3n) is 8.07. The van der Waals surface area contributed by atoms with Crippen LogP contribution in [-0.4, -0.2) is 53.4 Å². The van der Waals surface area contributed by atoms with Crippen LogP contribution in [0.25, 0.3) is 11.0 Å². The van der Waals surface area contributed by atoms with Crippen LogP contribution in [0.1, 0.15) is 64.7 Å². The van der Waals surface area contributed by atoms with Crippen molar-refractivity contribution in [2.45, 2.75) is 50.3 Å². The highest BCUT2D eigenvalue weighted by atomic mass is 19.4. The van der Waals surface area contributed by atoms with E-state index < -0.39 is 6.36 Å². The first-order valence-electron chi connectivity index (χ1n) is 12.7. The summed E-state index contributed by atoms with van der Waals surface area (Å²) < 4.78 is 62.2. The number of hydrogen-bond donors (Lipinski definition) is 1. The maximum absolute atomic E-state index is 15.4. The first kappa shape index (κ1) is 24.2. The standard InChI is InChI=1S/C27H27F4N3O3/c28-20-13-32-25-24(23-19-9-12-36-14-17(19)3-6-21(23)33-25)22(20)15-7-10-34(11-8-15)26(35)16-1-4-18(5-2-16)37-27(29,30)31/h1-2,4-5,13,15,17,19H,3,6-12,14H2,(H,32,33)/t17-,19?/m1/s1. The summed E-state index contributed by atoms with van der Waals surface area (Å²) in [7, 11) is 0. The molecule has 196 valence electrons. The Morgan fingerprint density at radius 2 is 1.84 bits per heavy atom. The van der Waals surface area contributed by atoms with E-state index in [1.807, 2.05) is 0 Å². The maximum Gasteiger partial charge on any atom is 0.573 e. The molecular formula is C27H27F4N3O3. The Balaban J connectivity index is 1.22. The fourth-order valence-corrected chi connectivity index (χ4v) is 6.38. The monoisotopic (exact) mass is 517 g/mol. The van der Waals surface area contributed by atoms with Gasteiger partial charge >= 0.3 is 6.36 Å². The van der Waals surface area contributed by atoms with Gasteiger partial charge in [-0.2, -0.15) is 0 Å². The molecule has 0 spiro atoms. The number of alkyl halides is 3. The van der Waals surface area contributed by atoms with Gasteiger partial charge in [0.1, 0.15) is 17.2 Å². The van der Waals surface area contributed by atoms with Crippen molar-refractivity contribution in [3.05, 3.63) is 58.7 Å². The van der Waals surface area contributed by atoms with Crippen LogP contribution in [0, 0.1) is 11.7 Å². The molecule has 3 aromatic rings. The molecule has 37 heavy (non-hydrogen) atoms. The Morgan fingerprint density at radius 3 is 2.57 bits per heavy atom. The molecule has 0 radical (unpaired) electrons. The van der Waals surface area contributed by atoms with Crippen molar-refractivity contribution >= 4 is 16.9 Å². The average molecular weight is 518 g/mol. The largest absolute Gasteiger partial charge is 0.573 e. The molecule has 0 saturated carbocycles. The molecule has 2 aliphatic heterocycles. The molecule has 1 unspecified atom stereocenters. The molecule has 6 rings (SSSR count). The van der Waals surface area contributed by atoms with E-state index in [0.717, 1.165) is 54.7 Å². The minimum Gasteiger partial charge on any atom is -0.406 e. The highest BCUT2D eigenvalue weighted by Gasteiger charge is 2.38. The first-order valence-corrected chi connectivity index (χ1v) is 12.7. The molecule has 2 saturated heterocycles. The molecule has 10 heteroatoms. The van der Waals surface area contributed by atoms with E-state index in [0.29, 0.717) is 49.9 Å². The number of aromatic amines is 1. The van der Waals surface area contributed by atoms with Crippen LogP contribution in [0.5, 0.6) is 5.75 Å². The maximum atomic E-state index is 15.4. The van der Waals surface area contributed by atoms with Gasteiger partial charge in [-0.05, 0) is 79.7 Å². The Kier molecular flexibility index (Phi) is 6.09. The van der Waals surface area contributed by atoms with Crippen LogP contribution >= 0.6 is 0 Å². The number of halogens is 4. The first-order chi connectivity index (χ1) is 17.8. The van der Waals surface area contributed by atoms with Crippen molar-refractivity contribution in [3.8, 4) is 5.75 Å². The number of nitrogens with zero attached hydrogens (tertiary/aromatic N) is 2. The van der Waals surface area contributed by atoms with Crippen LogP contribution in [0.4, 0.5) is 17.6 Å². The third-order valence-corrected chi connectivity index (χ3v) is 8.07. The van der Waals surface area contributed by atoms with Gasteiger partial charge in [0.2, 0.25) is 0 Å². The van der Waals surface area contributed by atoms with Gasteiger partial charge in [-0.15, -0.1) is 13.2 Å². The van der Waals surface area contributed by atoms with Crippen LogP contribution in [0.15, 0.2) is 30.5 Å². The van der Waals surface area contributed by atoms with Crippen molar-refractivity contribution in [2.24, 2.45) is 5.92 Å². The normalized spacial score (nSPS) is 22.5. The number of carbonyl (C=O) groups is 1. The van der Waals surface area contributed by atoms with E-state index in [1.165, 1.54) is 23.9 Å². The van der Waals surface area contributed by atoms with Gasteiger partial charge in [-0.1, -0.05) is 0 Å². The molecule has 6 nitrogen and oxygen atoms in total. The van der Waals surface area contributed by atoms with Gasteiger partial charge < -0.3 is 19.4 Å². The predicted molar refractivity (Wildman–Crippen MR) is 127 cm³/mol. The second-order valence-corrected chi connectivity index (χ2v) is 10.2. The van der Waals surface area contributed by atoms with Crippen LogP contribution in [0.3, 0.4) is 0 Å². The number of nitrogens with one attached hydrogen (secondary N) is 1. The number of likely N-dealkylation sites (tertiary alicyclic amines) is 1. The van der Waals surface area contributed by atoms with E-state index in [1.54, 1.807) is 4.90 Å². The van der Waals surface area contributed by atoms with Crippen LogP contribution < -0.4 is 4.74 Å². The molecule has 2 atom stereocenters. The second-order valence-electron chi connectivity index (χ2n) is 10.2. The smallest absolute Gasteiger partial charge is 0.406 e. The Morgan fingerprint density at radius 1 is 1.08 bits per heavy atom.